The van der Waals surface area contributed by atoms with Crippen LogP contribution in [0.3, 0.4) is 0 Å². The molecule has 0 heterocycles. The van der Waals surface area contributed by atoms with Gasteiger partial charge in [-0.15, -0.1) is 0 Å². The van der Waals surface area contributed by atoms with Crippen LogP contribution in [0.15, 0.2) is 40.9 Å². The number of carbonyl (C=O) groups excluding carboxylic acids is 1. The number of anilines is 1. The molecule has 2 aromatic rings. The van der Waals surface area contributed by atoms with Gasteiger partial charge in [-0.1, -0.05) is 11.6 Å². The Morgan fingerprint density at radius 3 is 2.47 bits per heavy atom. The fourth-order valence-corrected chi connectivity index (χ4v) is 2.41. The first-order chi connectivity index (χ1) is 9.02. The number of halogens is 2. The van der Waals surface area contributed by atoms with Crippen LogP contribution in [-0.4, -0.2) is 12.9 Å². The Bertz CT molecular complexity index is 643. The van der Waals surface area contributed by atoms with E-state index in [1.165, 1.54) is 0 Å². The standard InChI is InChI=1S/C14H11BrClNO2/c1-19-9-3-5-10(12(15)7-9)14(18)11-4-2-8(16)6-13(11)17/h2-7H,17H2,1H3. The minimum absolute atomic E-state index is 0.163. The van der Waals surface area contributed by atoms with Gasteiger partial charge >= 0.3 is 0 Å². The maximum Gasteiger partial charge on any atom is 0.196 e. The van der Waals surface area contributed by atoms with E-state index >= 15 is 0 Å². The Morgan fingerprint density at radius 2 is 1.89 bits per heavy atom. The Hall–Kier alpha value is -1.52. The van der Waals surface area contributed by atoms with Crippen LogP contribution in [0.2, 0.25) is 5.02 Å². The molecular formula is C14H11BrClNO2. The highest BCUT2D eigenvalue weighted by Gasteiger charge is 2.15. The lowest BCUT2D eigenvalue weighted by molar-refractivity contribution is 0.103. The van der Waals surface area contributed by atoms with Crippen LogP contribution in [-0.2, 0) is 0 Å². The highest BCUT2D eigenvalue weighted by atomic mass is 79.9. The fraction of sp³-hybridized carbons (Fsp3) is 0.0714. The van der Waals surface area contributed by atoms with Crippen LogP contribution in [0.1, 0.15) is 15.9 Å². The topological polar surface area (TPSA) is 52.3 Å². The number of hydrogen-bond donors (Lipinski definition) is 1. The lowest BCUT2D eigenvalue weighted by atomic mass is 10.0. The lowest BCUT2D eigenvalue weighted by Gasteiger charge is -2.08. The molecule has 0 aliphatic carbocycles. The number of benzene rings is 2. The molecule has 0 fully saturated rings. The summed E-state index contributed by atoms with van der Waals surface area (Å²) >= 11 is 9.18. The molecule has 0 aromatic heterocycles. The van der Waals surface area contributed by atoms with Gasteiger partial charge in [0.25, 0.3) is 0 Å². The highest BCUT2D eigenvalue weighted by Crippen LogP contribution is 2.27. The fourth-order valence-electron chi connectivity index (χ4n) is 1.69. The van der Waals surface area contributed by atoms with Crippen LogP contribution in [0.4, 0.5) is 5.69 Å². The normalized spacial score (nSPS) is 10.3. The average Bonchev–Trinajstić information content (AvgIpc) is 2.37. The number of carbonyl (C=O) groups is 1. The summed E-state index contributed by atoms with van der Waals surface area (Å²) in [6.07, 6.45) is 0. The van der Waals surface area contributed by atoms with Crippen LogP contribution < -0.4 is 10.5 Å². The van der Waals surface area contributed by atoms with Gasteiger partial charge in [0.2, 0.25) is 0 Å². The summed E-state index contributed by atoms with van der Waals surface area (Å²) in [6, 6.07) is 9.98. The first-order valence-corrected chi connectivity index (χ1v) is 6.63. The molecule has 0 unspecified atom stereocenters. The molecule has 0 atom stereocenters. The SMILES string of the molecule is COc1ccc(C(=O)c2ccc(Cl)cc2N)c(Br)c1. The monoisotopic (exact) mass is 339 g/mol. The van der Waals surface area contributed by atoms with Crippen LogP contribution >= 0.6 is 27.5 Å². The number of nitrogen functional groups attached to an aromatic ring is 1. The molecule has 2 N–H and O–H groups in total. The molecule has 0 saturated carbocycles. The van der Waals surface area contributed by atoms with Gasteiger partial charge in [-0.3, -0.25) is 4.79 Å². The summed E-state index contributed by atoms with van der Waals surface area (Å²) in [7, 11) is 1.57. The van der Waals surface area contributed by atoms with Crippen molar-refractivity contribution in [2.75, 3.05) is 12.8 Å². The third-order valence-electron chi connectivity index (χ3n) is 2.68. The predicted octanol–water partition coefficient (Wildman–Crippen LogP) is 3.92. The van der Waals surface area contributed by atoms with Crippen molar-refractivity contribution in [2.24, 2.45) is 0 Å². The van der Waals surface area contributed by atoms with Crippen LogP contribution in [0.25, 0.3) is 0 Å². The zero-order valence-corrected chi connectivity index (χ0v) is 12.5. The summed E-state index contributed by atoms with van der Waals surface area (Å²) in [4.78, 5) is 12.4. The smallest absolute Gasteiger partial charge is 0.196 e. The maximum absolute atomic E-state index is 12.4. The second-order valence-corrected chi connectivity index (χ2v) is 5.20. The van der Waals surface area contributed by atoms with E-state index in [4.69, 9.17) is 22.1 Å². The summed E-state index contributed by atoms with van der Waals surface area (Å²) in [5, 5.41) is 0.503. The number of ether oxygens (including phenoxy) is 1. The Balaban J connectivity index is 2.44. The van der Waals surface area contributed by atoms with Gasteiger partial charge in [-0.25, -0.2) is 0 Å². The second-order valence-electron chi connectivity index (χ2n) is 3.91. The Labute approximate surface area is 124 Å². The molecular weight excluding hydrogens is 330 g/mol. The van der Waals surface area contributed by atoms with E-state index in [0.717, 1.165) is 0 Å². The molecule has 0 aliphatic heterocycles. The molecule has 0 bridgehead atoms. The molecule has 19 heavy (non-hydrogen) atoms. The number of hydrogen-bond acceptors (Lipinski definition) is 3. The van der Waals surface area contributed by atoms with Gasteiger partial charge in [0.1, 0.15) is 5.75 Å². The van der Waals surface area contributed by atoms with Crippen LogP contribution in [0.5, 0.6) is 5.75 Å². The van der Waals surface area contributed by atoms with E-state index in [2.05, 4.69) is 15.9 Å². The highest BCUT2D eigenvalue weighted by molar-refractivity contribution is 9.10. The average molecular weight is 341 g/mol. The van der Waals surface area contributed by atoms with Crippen molar-refractivity contribution < 1.29 is 9.53 Å². The van der Waals surface area contributed by atoms with Gasteiger partial charge in [0.05, 0.1) is 7.11 Å². The minimum atomic E-state index is -0.163. The van der Waals surface area contributed by atoms with Crippen molar-refractivity contribution in [2.45, 2.75) is 0 Å². The summed E-state index contributed by atoms with van der Waals surface area (Å²) in [5.41, 5.74) is 7.13. The van der Waals surface area contributed by atoms with E-state index in [1.54, 1.807) is 43.5 Å². The largest absolute Gasteiger partial charge is 0.497 e. The zero-order valence-electron chi connectivity index (χ0n) is 10.1. The molecule has 0 saturated heterocycles. The third-order valence-corrected chi connectivity index (χ3v) is 3.57. The summed E-state index contributed by atoms with van der Waals surface area (Å²) < 4.78 is 5.75. The van der Waals surface area contributed by atoms with E-state index in [0.29, 0.717) is 32.1 Å². The van der Waals surface area contributed by atoms with E-state index in [1.807, 2.05) is 0 Å². The molecule has 0 spiro atoms. The molecule has 98 valence electrons. The molecule has 0 aliphatic rings. The molecule has 2 rings (SSSR count). The Kier molecular flexibility index (Phi) is 4.12. The molecule has 0 radical (unpaired) electrons. The second kappa shape index (κ2) is 5.63. The van der Waals surface area contributed by atoms with Gasteiger partial charge in [-0.05, 0) is 52.3 Å². The first kappa shape index (κ1) is 13.9. The molecule has 3 nitrogen and oxygen atoms in total. The first-order valence-electron chi connectivity index (χ1n) is 5.46. The van der Waals surface area contributed by atoms with E-state index in [-0.39, 0.29) is 5.78 Å². The molecule has 2 aromatic carbocycles. The number of ketones is 1. The van der Waals surface area contributed by atoms with Gasteiger partial charge < -0.3 is 10.5 Å². The molecule has 0 amide bonds. The summed E-state index contributed by atoms with van der Waals surface area (Å²) in [6.45, 7) is 0. The van der Waals surface area contributed by atoms with Crippen molar-refractivity contribution in [3.63, 3.8) is 0 Å². The Morgan fingerprint density at radius 1 is 1.21 bits per heavy atom. The quantitative estimate of drug-likeness (QED) is 0.680. The lowest BCUT2D eigenvalue weighted by Crippen LogP contribution is -2.06. The van der Waals surface area contributed by atoms with Crippen molar-refractivity contribution in [1.29, 1.82) is 0 Å². The third kappa shape index (κ3) is 2.91. The number of rotatable bonds is 3. The van der Waals surface area contributed by atoms with Crippen molar-refractivity contribution in [3.8, 4) is 5.75 Å². The maximum atomic E-state index is 12.4. The predicted molar refractivity (Wildman–Crippen MR) is 80.0 cm³/mol. The van der Waals surface area contributed by atoms with Crippen LogP contribution in [0, 0.1) is 0 Å². The summed E-state index contributed by atoms with van der Waals surface area (Å²) in [5.74, 6) is 0.510. The van der Waals surface area contributed by atoms with Crippen molar-refractivity contribution in [1.82, 2.24) is 0 Å². The van der Waals surface area contributed by atoms with Gasteiger partial charge in [-0.2, -0.15) is 0 Å². The van der Waals surface area contributed by atoms with Gasteiger partial charge in [0.15, 0.2) is 5.78 Å². The van der Waals surface area contributed by atoms with Crippen molar-refractivity contribution >= 4 is 39.0 Å². The van der Waals surface area contributed by atoms with Gasteiger partial charge in [0, 0.05) is 26.3 Å². The minimum Gasteiger partial charge on any atom is -0.497 e. The number of nitrogens with two attached hydrogens (primary N) is 1. The van der Waals surface area contributed by atoms with E-state index in [9.17, 15) is 4.79 Å². The van der Waals surface area contributed by atoms with E-state index < -0.39 is 0 Å². The zero-order chi connectivity index (χ0) is 14.0. The number of methoxy groups -OCH3 is 1. The molecule has 5 heteroatoms. The van der Waals surface area contributed by atoms with Crippen molar-refractivity contribution in [3.05, 3.63) is 57.0 Å².